The zero-order valence-corrected chi connectivity index (χ0v) is 42.4. The van der Waals surface area contributed by atoms with Gasteiger partial charge in [0.05, 0.1) is 71.8 Å². The van der Waals surface area contributed by atoms with Gasteiger partial charge < -0.3 is 40.0 Å². The number of aromatic carboxylic acids is 1. The van der Waals surface area contributed by atoms with Crippen LogP contribution < -0.4 is 30.2 Å². The van der Waals surface area contributed by atoms with Crippen molar-refractivity contribution in [1.29, 1.82) is 0 Å². The van der Waals surface area contributed by atoms with Gasteiger partial charge in [-0.1, -0.05) is 131 Å². The second-order valence-electron chi connectivity index (χ2n) is 15.1. The Morgan fingerprint density at radius 3 is 1.34 bits per heavy atom. The van der Waals surface area contributed by atoms with Crippen molar-refractivity contribution in [3.05, 3.63) is 176 Å². The van der Waals surface area contributed by atoms with Crippen molar-refractivity contribution in [1.82, 2.24) is 15.0 Å². The lowest BCUT2D eigenvalue weighted by molar-refractivity contribution is -0.143. The van der Waals surface area contributed by atoms with E-state index in [2.05, 4.69) is 30.9 Å². The van der Waals surface area contributed by atoms with E-state index in [1.54, 1.807) is 66.4 Å². The smallest absolute Gasteiger partial charge is 0.347 e. The van der Waals surface area contributed by atoms with Gasteiger partial charge in [0.2, 0.25) is 0 Å². The van der Waals surface area contributed by atoms with E-state index in [9.17, 15) is 19.2 Å². The van der Waals surface area contributed by atoms with Crippen LogP contribution in [0.25, 0.3) is 0 Å². The molecular formula is C53H52N6O9S3. The normalized spacial score (nSPS) is 10.8. The molecule has 5 aromatic carbocycles. The highest BCUT2D eigenvalue weighted by Gasteiger charge is 2.33. The van der Waals surface area contributed by atoms with Crippen LogP contribution in [-0.2, 0) is 16.0 Å². The molecule has 15 nitrogen and oxygen atoms in total. The molecule has 71 heavy (non-hydrogen) atoms. The Kier molecular flexibility index (Phi) is 18.9. The van der Waals surface area contributed by atoms with Gasteiger partial charge >= 0.3 is 11.9 Å². The molecule has 0 aliphatic carbocycles. The minimum Gasteiger partial charge on any atom is -0.495 e. The average Bonchev–Trinajstić information content (AvgIpc) is 4.07. The molecule has 18 heteroatoms. The maximum absolute atomic E-state index is 13.3. The first-order chi connectivity index (χ1) is 34.3. The Hall–Kier alpha value is -7.93. The standard InChI is InChI=1S/C22H22N2O4S.C19H18N2O2S.C12H12N2O3S/c1-4-28-21(26)18(15-10-6-5-7-11-15)19(25)20-14(2)23-22(29-20)24-16-12-8-9-13-17(16)27-3;1-13-18(16(22)12-14-8-4-3-5-9-14)24-19(20-13)21-15-10-6-7-11-17(15)23-2;1-7-10(11(15)16)18-12(13-7)14-8-5-3-4-6-9(8)17-2/h5-13,18H,4H2,1-3H3,(H,23,24);3-11H,12H2,1-2H3,(H,20,21);3-6H,1-2H3,(H,13,14)(H,15,16). The number of nitrogens with zero attached hydrogens (tertiary/aromatic N) is 3. The summed E-state index contributed by atoms with van der Waals surface area (Å²) < 4.78 is 21.0. The van der Waals surface area contributed by atoms with E-state index < -0.39 is 17.9 Å². The molecular weight excluding hydrogens is 961 g/mol. The molecule has 366 valence electrons. The number of anilines is 6. The lowest BCUT2D eigenvalue weighted by Crippen LogP contribution is -2.24. The first-order valence-corrected chi connectivity index (χ1v) is 24.5. The Morgan fingerprint density at radius 2 is 0.915 bits per heavy atom. The average molecular weight is 1010 g/mol. The Labute approximate surface area is 423 Å². The number of carbonyl (C=O) groups excluding carboxylic acids is 3. The molecule has 0 fully saturated rings. The van der Waals surface area contributed by atoms with Gasteiger partial charge in [-0.15, -0.1) is 0 Å². The number of nitrogens with one attached hydrogen (secondary N) is 3. The van der Waals surface area contributed by atoms with Crippen LogP contribution in [0.1, 0.15) is 70.1 Å². The largest absolute Gasteiger partial charge is 0.495 e. The van der Waals surface area contributed by atoms with Crippen LogP contribution in [0.3, 0.4) is 0 Å². The van der Waals surface area contributed by atoms with Gasteiger partial charge in [-0.3, -0.25) is 14.4 Å². The van der Waals surface area contributed by atoms with Crippen molar-refractivity contribution in [3.63, 3.8) is 0 Å². The highest BCUT2D eigenvalue weighted by Crippen LogP contribution is 2.35. The highest BCUT2D eigenvalue weighted by atomic mass is 32.1. The topological polar surface area (TPSA) is 200 Å². The number of hydrogen-bond donors (Lipinski definition) is 4. The van der Waals surface area contributed by atoms with Crippen LogP contribution in [0, 0.1) is 20.8 Å². The van der Waals surface area contributed by atoms with E-state index in [0.717, 1.165) is 45.4 Å². The number of hydrogen-bond acceptors (Lipinski definition) is 17. The van der Waals surface area contributed by atoms with E-state index in [1.807, 2.05) is 116 Å². The molecule has 0 bridgehead atoms. The van der Waals surface area contributed by atoms with Gasteiger partial charge in [0, 0.05) is 6.42 Å². The van der Waals surface area contributed by atoms with Gasteiger partial charge in [0.25, 0.3) is 0 Å². The molecule has 0 aliphatic rings. The van der Waals surface area contributed by atoms with E-state index in [1.165, 1.54) is 22.7 Å². The minimum absolute atomic E-state index is 0.0873. The van der Waals surface area contributed by atoms with Gasteiger partial charge in [0.1, 0.15) is 28.0 Å². The van der Waals surface area contributed by atoms with Crippen LogP contribution in [-0.4, -0.2) is 71.5 Å². The number of methoxy groups -OCH3 is 3. The fourth-order valence-electron chi connectivity index (χ4n) is 6.88. The summed E-state index contributed by atoms with van der Waals surface area (Å²) in [5.41, 5.74) is 5.75. The van der Waals surface area contributed by atoms with Crippen LogP contribution >= 0.6 is 34.0 Å². The number of esters is 1. The second-order valence-corrected chi connectivity index (χ2v) is 18.1. The monoisotopic (exact) mass is 1010 g/mol. The first kappa shape index (κ1) is 52.4. The Bertz CT molecular complexity index is 3070. The molecule has 0 spiro atoms. The number of carboxylic acids is 1. The number of benzene rings is 5. The number of carbonyl (C=O) groups is 4. The van der Waals surface area contributed by atoms with Crippen molar-refractivity contribution in [2.24, 2.45) is 0 Å². The van der Waals surface area contributed by atoms with Gasteiger partial charge in [-0.05, 0) is 75.2 Å². The Morgan fingerprint density at radius 1 is 0.535 bits per heavy atom. The van der Waals surface area contributed by atoms with Gasteiger partial charge in [-0.25, -0.2) is 19.7 Å². The van der Waals surface area contributed by atoms with Gasteiger partial charge in [-0.2, -0.15) is 0 Å². The second kappa shape index (κ2) is 25.6. The van der Waals surface area contributed by atoms with Crippen molar-refractivity contribution in [2.45, 2.75) is 40.0 Å². The Balaban J connectivity index is 0.000000179. The quantitative estimate of drug-likeness (QED) is 0.0359. The van der Waals surface area contributed by atoms with Crippen LogP contribution in [0.2, 0.25) is 0 Å². The lowest BCUT2D eigenvalue weighted by atomic mass is 9.93. The van der Waals surface area contributed by atoms with E-state index in [4.69, 9.17) is 24.1 Å². The summed E-state index contributed by atoms with van der Waals surface area (Å²) in [7, 11) is 4.80. The third kappa shape index (κ3) is 14.1. The molecule has 0 amide bonds. The number of rotatable bonds is 18. The molecule has 4 N–H and O–H groups in total. The number of aromatic nitrogens is 3. The summed E-state index contributed by atoms with van der Waals surface area (Å²) in [4.78, 5) is 63.8. The van der Waals surface area contributed by atoms with Crippen LogP contribution in [0.15, 0.2) is 133 Å². The number of ketones is 2. The summed E-state index contributed by atoms with van der Waals surface area (Å²) in [5.74, 6) is -0.683. The van der Waals surface area contributed by atoms with Crippen molar-refractivity contribution in [3.8, 4) is 17.2 Å². The number of thiazole rings is 3. The molecule has 0 saturated heterocycles. The number of carboxylic acid groups (broad SMARTS) is 1. The summed E-state index contributed by atoms with van der Waals surface area (Å²) >= 11 is 3.68. The van der Waals surface area contributed by atoms with Crippen LogP contribution in [0.5, 0.6) is 17.2 Å². The molecule has 3 heterocycles. The van der Waals surface area contributed by atoms with Gasteiger partial charge in [0.15, 0.2) is 27.0 Å². The molecule has 0 radical (unpaired) electrons. The fourth-order valence-corrected chi connectivity index (χ4v) is 9.57. The predicted molar refractivity (Wildman–Crippen MR) is 281 cm³/mol. The number of Topliss-reactive ketones (excluding diaryl/α,β-unsaturated/α-hetero) is 2. The summed E-state index contributed by atoms with van der Waals surface area (Å²) in [6, 6.07) is 41.1. The van der Waals surface area contributed by atoms with Crippen molar-refractivity contribution < 1.29 is 43.2 Å². The number of para-hydroxylation sites is 6. The zero-order chi connectivity index (χ0) is 50.9. The molecule has 1 atom stereocenters. The predicted octanol–water partition coefficient (Wildman–Crippen LogP) is 12.3. The maximum Gasteiger partial charge on any atom is 0.347 e. The summed E-state index contributed by atoms with van der Waals surface area (Å²) in [6.07, 6.45) is 0.387. The summed E-state index contributed by atoms with van der Waals surface area (Å²) in [5, 5.41) is 20.2. The van der Waals surface area contributed by atoms with E-state index in [0.29, 0.717) is 60.0 Å². The zero-order valence-electron chi connectivity index (χ0n) is 40.0. The third-order valence-corrected chi connectivity index (χ3v) is 13.5. The third-order valence-electron chi connectivity index (χ3n) is 10.2. The van der Waals surface area contributed by atoms with E-state index >= 15 is 0 Å². The van der Waals surface area contributed by atoms with E-state index in [-0.39, 0.29) is 23.1 Å². The van der Waals surface area contributed by atoms with Crippen molar-refractivity contribution in [2.75, 3.05) is 43.9 Å². The first-order valence-electron chi connectivity index (χ1n) is 22.0. The molecule has 8 rings (SSSR count). The summed E-state index contributed by atoms with van der Waals surface area (Å²) in [6.45, 7) is 7.22. The highest BCUT2D eigenvalue weighted by molar-refractivity contribution is 7.18. The molecule has 1 unspecified atom stereocenters. The molecule has 8 aromatic rings. The molecule has 3 aromatic heterocycles. The SMILES string of the molecule is CCOC(=O)C(C(=O)c1sc(Nc2ccccc2OC)nc1C)c1ccccc1.COc1ccccc1Nc1nc(C)c(C(=O)Cc2ccccc2)s1.COc1ccccc1Nc1nc(C)c(C(=O)O)s1. The van der Waals surface area contributed by atoms with Crippen LogP contribution in [0.4, 0.5) is 32.5 Å². The molecule has 0 saturated carbocycles. The minimum atomic E-state index is -1.02. The molecule has 0 aliphatic heterocycles. The fraction of sp³-hybridized carbons (Fsp3) is 0.189. The lowest BCUT2D eigenvalue weighted by Gasteiger charge is -2.14. The number of ether oxygens (including phenoxy) is 4. The van der Waals surface area contributed by atoms with Crippen molar-refractivity contribution >= 4 is 90.0 Å². The maximum atomic E-state index is 13.3. The number of aryl methyl sites for hydroxylation is 3.